The molecule has 0 bridgehead atoms. The van der Waals surface area contributed by atoms with Crippen LogP contribution in [-0.4, -0.2) is 17.5 Å². The van der Waals surface area contributed by atoms with Crippen molar-refractivity contribution in [3.05, 3.63) is 46.4 Å². The molecule has 5 nitrogen and oxygen atoms in total. The molecular weight excluding hydrogens is 368 g/mol. The number of hydrogen-bond acceptors (Lipinski definition) is 5. The van der Waals surface area contributed by atoms with E-state index in [9.17, 15) is 14.4 Å². The molecule has 1 heterocycles. The van der Waals surface area contributed by atoms with Gasteiger partial charge in [0.25, 0.3) is 0 Å². The molecule has 3 aliphatic rings. The predicted molar refractivity (Wildman–Crippen MR) is 107 cm³/mol. The molecule has 3 aliphatic carbocycles. The van der Waals surface area contributed by atoms with E-state index in [1.54, 1.807) is 12.5 Å². The van der Waals surface area contributed by atoms with Crippen LogP contribution >= 0.6 is 0 Å². The Bertz CT molecular complexity index is 1190. The van der Waals surface area contributed by atoms with Gasteiger partial charge in [0.15, 0.2) is 5.78 Å². The van der Waals surface area contributed by atoms with Crippen molar-refractivity contribution in [3.8, 4) is 5.75 Å². The monoisotopic (exact) mass is 390 g/mol. The number of ketones is 2. The van der Waals surface area contributed by atoms with Crippen LogP contribution in [0.15, 0.2) is 39.7 Å². The molecule has 29 heavy (non-hydrogen) atoms. The number of carbonyl (C=O) groups excluding carboxylic acids is 3. The van der Waals surface area contributed by atoms with Crippen LogP contribution < -0.4 is 4.74 Å². The summed E-state index contributed by atoms with van der Waals surface area (Å²) in [6.45, 7) is 7.59. The fraction of sp³-hybridized carbons (Fsp3) is 0.375. The molecule has 2 aromatic rings. The number of carbonyl (C=O) groups is 3. The normalized spacial score (nSPS) is 24.9. The van der Waals surface area contributed by atoms with Gasteiger partial charge in [-0.2, -0.15) is 0 Å². The van der Waals surface area contributed by atoms with Gasteiger partial charge in [-0.1, -0.05) is 38.0 Å². The van der Waals surface area contributed by atoms with Crippen molar-refractivity contribution in [1.29, 1.82) is 0 Å². The summed E-state index contributed by atoms with van der Waals surface area (Å²) in [5.41, 5.74) is 4.39. The molecule has 2 atom stereocenters. The number of fused-ring (bicyclic) bond motifs is 6. The van der Waals surface area contributed by atoms with Gasteiger partial charge in [0, 0.05) is 40.7 Å². The van der Waals surface area contributed by atoms with Crippen LogP contribution in [0.5, 0.6) is 5.75 Å². The molecule has 0 saturated heterocycles. The molecule has 0 N–H and O–H groups in total. The average molecular weight is 390 g/mol. The number of hydrogen-bond donors (Lipinski definition) is 0. The molecule has 148 valence electrons. The molecule has 0 spiro atoms. The highest BCUT2D eigenvalue weighted by molar-refractivity contribution is 6.15. The third-order valence-electron chi connectivity index (χ3n) is 6.67. The van der Waals surface area contributed by atoms with Crippen molar-refractivity contribution in [1.82, 2.24) is 0 Å². The van der Waals surface area contributed by atoms with E-state index in [1.165, 1.54) is 6.92 Å². The molecule has 0 aliphatic heterocycles. The van der Waals surface area contributed by atoms with E-state index in [2.05, 4.69) is 19.9 Å². The zero-order valence-corrected chi connectivity index (χ0v) is 16.9. The third kappa shape index (κ3) is 2.43. The van der Waals surface area contributed by atoms with Crippen LogP contribution in [0.25, 0.3) is 16.8 Å². The zero-order chi connectivity index (χ0) is 20.7. The van der Waals surface area contributed by atoms with E-state index >= 15 is 0 Å². The second-order valence-corrected chi connectivity index (χ2v) is 8.99. The standard InChI is InChI=1S/C24H22O5/c1-11-15-8-24(3,4)17-6-14-20(29-12(2)25)5-13-9-28-10-16(13)21(14)23(17)22(15)19(27)7-18(11)26/h5-6,9-11,23H,7-8H2,1-4H3. The Balaban J connectivity index is 1.85. The Morgan fingerprint density at radius 1 is 1.24 bits per heavy atom. The lowest BCUT2D eigenvalue weighted by Gasteiger charge is -2.42. The maximum absolute atomic E-state index is 13.1. The van der Waals surface area contributed by atoms with E-state index in [1.807, 2.05) is 13.0 Å². The number of esters is 1. The quantitative estimate of drug-likeness (QED) is 0.399. The van der Waals surface area contributed by atoms with Crippen molar-refractivity contribution in [2.45, 2.75) is 46.5 Å². The first-order valence-corrected chi connectivity index (χ1v) is 9.91. The number of allylic oxidation sites excluding steroid dienone is 3. The summed E-state index contributed by atoms with van der Waals surface area (Å²) in [5.74, 6) is -0.482. The van der Waals surface area contributed by atoms with E-state index in [4.69, 9.17) is 9.15 Å². The summed E-state index contributed by atoms with van der Waals surface area (Å²) in [7, 11) is 0. The fourth-order valence-corrected chi connectivity index (χ4v) is 5.30. The average Bonchev–Trinajstić information content (AvgIpc) is 3.23. The fourth-order valence-electron chi connectivity index (χ4n) is 5.30. The van der Waals surface area contributed by atoms with Crippen molar-refractivity contribution in [2.75, 3.05) is 0 Å². The summed E-state index contributed by atoms with van der Waals surface area (Å²) in [6, 6.07) is 1.81. The van der Waals surface area contributed by atoms with Gasteiger partial charge < -0.3 is 9.15 Å². The third-order valence-corrected chi connectivity index (χ3v) is 6.67. The Kier molecular flexibility index (Phi) is 3.61. The molecule has 5 rings (SSSR count). The van der Waals surface area contributed by atoms with Crippen LogP contribution in [0.4, 0.5) is 0 Å². The summed E-state index contributed by atoms with van der Waals surface area (Å²) in [6.07, 6.45) is 6.01. The van der Waals surface area contributed by atoms with Crippen LogP contribution in [-0.2, 0) is 14.4 Å². The molecule has 0 fully saturated rings. The molecule has 5 heteroatoms. The second kappa shape index (κ2) is 5.78. The van der Waals surface area contributed by atoms with Gasteiger partial charge in [-0.3, -0.25) is 14.4 Å². The Labute approximate surface area is 168 Å². The molecule has 1 aromatic carbocycles. The number of rotatable bonds is 1. The highest BCUT2D eigenvalue weighted by Crippen LogP contribution is 2.60. The minimum absolute atomic E-state index is 0.00248. The predicted octanol–water partition coefficient (Wildman–Crippen LogP) is 4.74. The summed E-state index contributed by atoms with van der Waals surface area (Å²) in [4.78, 5) is 37.2. The first-order chi connectivity index (χ1) is 13.7. The van der Waals surface area contributed by atoms with Crippen LogP contribution in [0.2, 0.25) is 0 Å². The minimum Gasteiger partial charge on any atom is -0.471 e. The number of furan rings is 1. The maximum atomic E-state index is 13.1. The second-order valence-electron chi connectivity index (χ2n) is 8.99. The first-order valence-electron chi connectivity index (χ1n) is 9.91. The van der Waals surface area contributed by atoms with Gasteiger partial charge >= 0.3 is 5.97 Å². The highest BCUT2D eigenvalue weighted by atomic mass is 16.5. The highest BCUT2D eigenvalue weighted by Gasteiger charge is 2.49. The van der Waals surface area contributed by atoms with E-state index < -0.39 is 5.97 Å². The van der Waals surface area contributed by atoms with Gasteiger partial charge in [-0.05, 0) is 23.5 Å². The Morgan fingerprint density at radius 2 is 2.00 bits per heavy atom. The van der Waals surface area contributed by atoms with Crippen molar-refractivity contribution in [2.24, 2.45) is 11.3 Å². The number of benzene rings is 1. The maximum Gasteiger partial charge on any atom is 0.308 e. The van der Waals surface area contributed by atoms with E-state index in [-0.39, 0.29) is 35.2 Å². The van der Waals surface area contributed by atoms with Gasteiger partial charge in [0.1, 0.15) is 11.5 Å². The lowest BCUT2D eigenvalue weighted by atomic mass is 9.60. The summed E-state index contributed by atoms with van der Waals surface area (Å²) < 4.78 is 11.0. The minimum atomic E-state index is -0.393. The number of ether oxygens (including phenoxy) is 1. The van der Waals surface area contributed by atoms with Gasteiger partial charge in [-0.25, -0.2) is 0 Å². The topological polar surface area (TPSA) is 73.6 Å². The van der Waals surface area contributed by atoms with Crippen molar-refractivity contribution >= 4 is 34.4 Å². The lowest BCUT2D eigenvalue weighted by Crippen LogP contribution is -2.37. The molecular formula is C24H22O5. The summed E-state index contributed by atoms with van der Waals surface area (Å²) >= 11 is 0. The van der Waals surface area contributed by atoms with Gasteiger partial charge in [-0.15, -0.1) is 0 Å². The van der Waals surface area contributed by atoms with E-state index in [0.717, 1.165) is 38.6 Å². The zero-order valence-electron chi connectivity index (χ0n) is 16.9. The largest absolute Gasteiger partial charge is 0.471 e. The van der Waals surface area contributed by atoms with E-state index in [0.29, 0.717) is 12.2 Å². The Morgan fingerprint density at radius 3 is 2.72 bits per heavy atom. The van der Waals surface area contributed by atoms with Gasteiger partial charge in [0.2, 0.25) is 0 Å². The van der Waals surface area contributed by atoms with Crippen molar-refractivity contribution in [3.63, 3.8) is 0 Å². The molecule has 1 aromatic heterocycles. The van der Waals surface area contributed by atoms with Gasteiger partial charge in [0.05, 0.1) is 18.9 Å². The molecule has 0 radical (unpaired) electrons. The molecule has 0 amide bonds. The van der Waals surface area contributed by atoms with Crippen molar-refractivity contribution < 1.29 is 23.5 Å². The first kappa shape index (κ1) is 18.1. The SMILES string of the molecule is CC(=O)Oc1cc2cocc2c2c1C=C1C2C2=C(CC1(C)C)C(C)C(=O)CC2=O. The van der Waals surface area contributed by atoms with Crippen LogP contribution in [0, 0.1) is 11.3 Å². The van der Waals surface area contributed by atoms with Crippen LogP contribution in [0.3, 0.4) is 0 Å². The smallest absolute Gasteiger partial charge is 0.308 e. The lowest BCUT2D eigenvalue weighted by molar-refractivity contribution is -0.132. The molecule has 0 saturated carbocycles. The Hall–Kier alpha value is -2.95. The number of Topliss-reactive ketones (excluding diaryl/α,β-unsaturated/α-hetero) is 2. The summed E-state index contributed by atoms with van der Waals surface area (Å²) in [5, 5.41) is 1.74. The van der Waals surface area contributed by atoms with Crippen LogP contribution in [0.1, 0.15) is 57.6 Å². The molecule has 2 unspecified atom stereocenters.